The molecule has 0 radical (unpaired) electrons. The van der Waals surface area contributed by atoms with Crippen LogP contribution in [0, 0.1) is 0 Å². The first kappa shape index (κ1) is 34.8. The molecule has 5 rings (SSSR count). The van der Waals surface area contributed by atoms with Crippen LogP contribution in [0.3, 0.4) is 0 Å². The average Bonchev–Trinajstić information content (AvgIpc) is 3.07. The van der Waals surface area contributed by atoms with Crippen molar-refractivity contribution in [1.82, 2.24) is 10.2 Å². The lowest BCUT2D eigenvalue weighted by Gasteiger charge is -2.35. The maximum atomic E-state index is 14.7. The Morgan fingerprint density at radius 1 is 0.787 bits per heavy atom. The molecular formula is C36H36Cl3N3O4S. The Morgan fingerprint density at radius 2 is 1.40 bits per heavy atom. The predicted octanol–water partition coefficient (Wildman–Crippen LogP) is 7.93. The molecule has 0 aliphatic heterocycles. The van der Waals surface area contributed by atoms with Gasteiger partial charge >= 0.3 is 0 Å². The number of halogens is 3. The van der Waals surface area contributed by atoms with Crippen LogP contribution in [0.1, 0.15) is 43.2 Å². The van der Waals surface area contributed by atoms with E-state index in [0.29, 0.717) is 20.6 Å². The first-order valence-corrected chi connectivity index (χ1v) is 18.1. The molecule has 1 N–H and O–H groups in total. The summed E-state index contributed by atoms with van der Waals surface area (Å²) in [6.07, 6.45) is 5.04. The zero-order valence-electron chi connectivity index (χ0n) is 25.7. The Bertz CT molecular complexity index is 1770. The normalized spacial score (nSPS) is 14.3. The van der Waals surface area contributed by atoms with E-state index in [0.717, 1.165) is 42.0 Å². The van der Waals surface area contributed by atoms with Crippen molar-refractivity contribution < 1.29 is 18.0 Å². The number of hydrogen-bond donors (Lipinski definition) is 1. The fraction of sp³-hybridized carbons (Fsp3) is 0.278. The molecule has 47 heavy (non-hydrogen) atoms. The van der Waals surface area contributed by atoms with Gasteiger partial charge in [0.25, 0.3) is 10.0 Å². The number of sulfonamides is 1. The minimum absolute atomic E-state index is 0.00403. The van der Waals surface area contributed by atoms with E-state index in [-0.39, 0.29) is 35.5 Å². The molecule has 0 aromatic heterocycles. The van der Waals surface area contributed by atoms with E-state index in [1.54, 1.807) is 54.6 Å². The molecule has 7 nitrogen and oxygen atoms in total. The van der Waals surface area contributed by atoms with E-state index >= 15 is 0 Å². The molecule has 0 spiro atoms. The summed E-state index contributed by atoms with van der Waals surface area (Å²) in [7, 11) is -4.24. The van der Waals surface area contributed by atoms with Gasteiger partial charge in [0.05, 0.1) is 10.6 Å². The summed E-state index contributed by atoms with van der Waals surface area (Å²) >= 11 is 19.5. The van der Waals surface area contributed by atoms with Crippen molar-refractivity contribution >= 4 is 62.3 Å². The fourth-order valence-electron chi connectivity index (χ4n) is 5.83. The van der Waals surface area contributed by atoms with Gasteiger partial charge in [0.2, 0.25) is 11.8 Å². The minimum atomic E-state index is -4.24. The second-order valence-corrected chi connectivity index (χ2v) is 14.7. The summed E-state index contributed by atoms with van der Waals surface area (Å²) in [6, 6.07) is 27.6. The molecule has 4 aromatic rings. The lowest BCUT2D eigenvalue weighted by Crippen LogP contribution is -2.55. The van der Waals surface area contributed by atoms with Gasteiger partial charge in [-0.3, -0.25) is 13.9 Å². The van der Waals surface area contributed by atoms with Crippen LogP contribution in [0.15, 0.2) is 108 Å². The lowest BCUT2D eigenvalue weighted by molar-refractivity contribution is -0.140. The van der Waals surface area contributed by atoms with Crippen LogP contribution in [0.5, 0.6) is 0 Å². The largest absolute Gasteiger partial charge is 0.352 e. The van der Waals surface area contributed by atoms with Gasteiger partial charge in [-0.2, -0.15) is 0 Å². The number of rotatable bonds is 12. The molecule has 0 bridgehead atoms. The number of nitrogens with one attached hydrogen (secondary N) is 1. The first-order chi connectivity index (χ1) is 22.6. The number of hydrogen-bond acceptors (Lipinski definition) is 4. The highest BCUT2D eigenvalue weighted by molar-refractivity contribution is 7.92. The maximum Gasteiger partial charge on any atom is 0.264 e. The lowest BCUT2D eigenvalue weighted by atomic mass is 9.94. The molecular weight excluding hydrogens is 677 g/mol. The van der Waals surface area contributed by atoms with Crippen LogP contribution >= 0.6 is 34.8 Å². The van der Waals surface area contributed by atoms with Crippen molar-refractivity contribution in [2.75, 3.05) is 10.8 Å². The molecule has 0 saturated heterocycles. The van der Waals surface area contributed by atoms with Gasteiger partial charge in [0.15, 0.2) is 0 Å². The molecule has 0 unspecified atom stereocenters. The van der Waals surface area contributed by atoms with Crippen molar-refractivity contribution in [3.63, 3.8) is 0 Å². The summed E-state index contributed by atoms with van der Waals surface area (Å²) in [5.74, 6) is -0.933. The SMILES string of the molecule is O=C(NC1CCCCC1)[C@H](Cc1ccccc1)N(Cc1c(Cl)cccc1Cl)C(=O)CN(c1cccc(Cl)c1)S(=O)(=O)c1ccccc1. The zero-order chi connectivity index (χ0) is 33.4. The Kier molecular flexibility index (Phi) is 11.9. The number of benzene rings is 4. The molecule has 2 amide bonds. The monoisotopic (exact) mass is 711 g/mol. The summed E-state index contributed by atoms with van der Waals surface area (Å²) in [6.45, 7) is -0.733. The molecule has 1 saturated carbocycles. The molecule has 246 valence electrons. The highest BCUT2D eigenvalue weighted by Crippen LogP contribution is 2.30. The topological polar surface area (TPSA) is 86.8 Å². The van der Waals surface area contributed by atoms with Crippen molar-refractivity contribution in [2.24, 2.45) is 0 Å². The maximum absolute atomic E-state index is 14.7. The first-order valence-electron chi connectivity index (χ1n) is 15.5. The Balaban J connectivity index is 1.59. The standard InChI is InChI=1S/C36H36Cl3N3O4S/c37-27-14-10-17-29(23-27)42(47(45,46)30-18-8-3-9-19-30)25-35(43)41(24-31-32(38)20-11-21-33(31)39)34(22-26-12-4-1-5-13-26)36(44)40-28-15-6-2-7-16-28/h1,3-5,8-14,17-21,23,28,34H,2,6-7,15-16,22,24-25H2,(H,40,44)/t34-/m0/s1. The zero-order valence-corrected chi connectivity index (χ0v) is 28.8. The summed E-state index contributed by atoms with van der Waals surface area (Å²) in [5, 5.41) is 4.14. The number of nitrogens with zero attached hydrogens (tertiary/aromatic N) is 2. The molecule has 0 heterocycles. The smallest absolute Gasteiger partial charge is 0.264 e. The summed E-state index contributed by atoms with van der Waals surface area (Å²) < 4.78 is 29.3. The second-order valence-electron chi connectivity index (χ2n) is 11.6. The van der Waals surface area contributed by atoms with Crippen LogP contribution in [0.2, 0.25) is 15.1 Å². The number of carbonyl (C=O) groups excluding carboxylic acids is 2. The number of anilines is 1. The third-order valence-corrected chi connectivity index (χ3v) is 11.1. The van der Waals surface area contributed by atoms with Gasteiger partial charge in [-0.1, -0.05) is 115 Å². The summed E-state index contributed by atoms with van der Waals surface area (Å²) in [4.78, 5) is 30.3. The molecule has 1 atom stereocenters. The number of amides is 2. The third-order valence-electron chi connectivity index (χ3n) is 8.32. The Hall–Kier alpha value is -3.56. The number of carbonyl (C=O) groups is 2. The van der Waals surface area contributed by atoms with E-state index in [4.69, 9.17) is 34.8 Å². The van der Waals surface area contributed by atoms with Crippen molar-refractivity contribution in [3.05, 3.63) is 129 Å². The predicted molar refractivity (Wildman–Crippen MR) is 188 cm³/mol. The van der Waals surface area contributed by atoms with Crippen LogP contribution in [-0.4, -0.2) is 43.8 Å². The van der Waals surface area contributed by atoms with E-state index in [2.05, 4.69) is 5.32 Å². The highest BCUT2D eigenvalue weighted by atomic mass is 35.5. The summed E-state index contributed by atoms with van der Waals surface area (Å²) in [5.41, 5.74) is 1.49. The van der Waals surface area contributed by atoms with E-state index in [9.17, 15) is 18.0 Å². The van der Waals surface area contributed by atoms with Gasteiger partial charge in [0, 0.05) is 39.6 Å². The van der Waals surface area contributed by atoms with Crippen LogP contribution in [-0.2, 0) is 32.6 Å². The van der Waals surface area contributed by atoms with Gasteiger partial charge in [-0.25, -0.2) is 8.42 Å². The third kappa shape index (κ3) is 8.87. The highest BCUT2D eigenvalue weighted by Gasteiger charge is 2.36. The molecule has 11 heteroatoms. The van der Waals surface area contributed by atoms with Gasteiger partial charge < -0.3 is 10.2 Å². The average molecular weight is 713 g/mol. The second kappa shape index (κ2) is 16.0. The van der Waals surface area contributed by atoms with Crippen molar-refractivity contribution in [1.29, 1.82) is 0 Å². The fourth-order valence-corrected chi connectivity index (χ4v) is 7.96. The Morgan fingerprint density at radius 3 is 2.04 bits per heavy atom. The molecule has 1 aliphatic rings. The van der Waals surface area contributed by atoms with Crippen molar-refractivity contribution in [2.45, 2.75) is 62.0 Å². The van der Waals surface area contributed by atoms with Gasteiger partial charge in [0.1, 0.15) is 12.6 Å². The van der Waals surface area contributed by atoms with Crippen LogP contribution < -0.4 is 9.62 Å². The minimum Gasteiger partial charge on any atom is -0.352 e. The van der Waals surface area contributed by atoms with E-state index < -0.39 is 28.5 Å². The molecule has 1 fully saturated rings. The van der Waals surface area contributed by atoms with Gasteiger partial charge in [-0.15, -0.1) is 0 Å². The Labute approximate surface area is 291 Å². The molecule has 4 aromatic carbocycles. The molecule has 1 aliphatic carbocycles. The van der Waals surface area contributed by atoms with Crippen LogP contribution in [0.4, 0.5) is 5.69 Å². The van der Waals surface area contributed by atoms with Gasteiger partial charge in [-0.05, 0) is 60.9 Å². The van der Waals surface area contributed by atoms with E-state index in [1.807, 2.05) is 30.3 Å². The van der Waals surface area contributed by atoms with Crippen molar-refractivity contribution in [3.8, 4) is 0 Å². The van der Waals surface area contributed by atoms with E-state index in [1.165, 1.54) is 23.1 Å². The quantitative estimate of drug-likeness (QED) is 0.162. The van der Waals surface area contributed by atoms with Crippen LogP contribution in [0.25, 0.3) is 0 Å².